The molecule has 0 bridgehead atoms. The Hall–Kier alpha value is -1.94. The van der Waals surface area contributed by atoms with E-state index >= 15 is 0 Å². The molecule has 0 saturated carbocycles. The summed E-state index contributed by atoms with van der Waals surface area (Å²) in [5.41, 5.74) is 2.17. The molecule has 2 aromatic carbocycles. The monoisotopic (exact) mass is 359 g/mol. The first-order valence-corrected chi connectivity index (χ1v) is 9.38. The van der Waals surface area contributed by atoms with Crippen LogP contribution in [-0.2, 0) is 12.8 Å². The summed E-state index contributed by atoms with van der Waals surface area (Å²) in [5, 5.41) is 0. The van der Waals surface area contributed by atoms with Crippen molar-refractivity contribution in [2.45, 2.75) is 32.1 Å². The first-order valence-electron chi connectivity index (χ1n) is 9.38. The molecule has 0 N–H and O–H groups in total. The Morgan fingerprint density at radius 3 is 2.77 bits per heavy atom. The minimum atomic E-state index is -2.42. The van der Waals surface area contributed by atoms with Gasteiger partial charge in [0.15, 0.2) is 0 Å². The van der Waals surface area contributed by atoms with Gasteiger partial charge in [-0.3, -0.25) is 0 Å². The van der Waals surface area contributed by atoms with Gasteiger partial charge >= 0.3 is 0 Å². The molecule has 1 saturated heterocycles. The van der Waals surface area contributed by atoms with Gasteiger partial charge in [0.2, 0.25) is 0 Å². The van der Waals surface area contributed by atoms with Crippen molar-refractivity contribution in [1.82, 2.24) is 4.90 Å². The third kappa shape index (κ3) is 5.28. The number of piperidine rings is 1. The third-order valence-corrected chi connectivity index (χ3v) is 5.06. The number of benzene rings is 2. The second-order valence-corrected chi connectivity index (χ2v) is 7.23. The lowest BCUT2D eigenvalue weighted by Crippen LogP contribution is -2.34. The van der Waals surface area contributed by atoms with Crippen LogP contribution in [0.3, 0.4) is 0 Å². The Balaban J connectivity index is 1.59. The Kier molecular flexibility index (Phi) is 6.62. The van der Waals surface area contributed by atoms with E-state index in [1.807, 2.05) is 24.3 Å². The van der Waals surface area contributed by atoms with Crippen LogP contribution in [0.5, 0.6) is 5.75 Å². The maximum atomic E-state index is 12.9. The van der Waals surface area contributed by atoms with Crippen molar-refractivity contribution in [1.29, 1.82) is 0 Å². The summed E-state index contributed by atoms with van der Waals surface area (Å²) in [6.07, 6.45) is 1.54. The normalized spacial score (nSPS) is 18.2. The first kappa shape index (κ1) is 18.8. The van der Waals surface area contributed by atoms with Crippen LogP contribution in [0.15, 0.2) is 48.5 Å². The van der Waals surface area contributed by atoms with Crippen molar-refractivity contribution in [3.05, 3.63) is 65.2 Å². The van der Waals surface area contributed by atoms with E-state index in [-0.39, 0.29) is 5.56 Å². The van der Waals surface area contributed by atoms with E-state index in [0.29, 0.717) is 5.92 Å². The number of ether oxygens (including phenoxy) is 1. The van der Waals surface area contributed by atoms with Crippen LogP contribution in [-0.4, -0.2) is 31.6 Å². The van der Waals surface area contributed by atoms with E-state index in [1.165, 1.54) is 25.5 Å². The largest absolute Gasteiger partial charge is 0.493 e. The molecule has 0 spiro atoms. The molecule has 1 fully saturated rings. The van der Waals surface area contributed by atoms with Crippen molar-refractivity contribution in [3.8, 4) is 5.75 Å². The van der Waals surface area contributed by atoms with E-state index < -0.39 is 6.43 Å². The highest BCUT2D eigenvalue weighted by Gasteiger charge is 2.18. The summed E-state index contributed by atoms with van der Waals surface area (Å²) >= 11 is 0. The maximum absolute atomic E-state index is 12.9. The number of para-hydroxylation sites is 1. The van der Waals surface area contributed by atoms with Crippen LogP contribution < -0.4 is 4.74 Å². The number of likely N-dealkylation sites (tertiary alicyclic amines) is 1. The zero-order valence-corrected chi connectivity index (χ0v) is 15.3. The summed E-state index contributed by atoms with van der Waals surface area (Å²) in [7, 11) is 2.16. The molecule has 0 radical (unpaired) electrons. The molecule has 1 aliphatic heterocycles. The van der Waals surface area contributed by atoms with Gasteiger partial charge in [0.1, 0.15) is 5.75 Å². The van der Waals surface area contributed by atoms with Crippen molar-refractivity contribution in [2.75, 3.05) is 26.7 Å². The molecule has 1 atom stereocenters. The van der Waals surface area contributed by atoms with Crippen molar-refractivity contribution in [3.63, 3.8) is 0 Å². The molecule has 2 aromatic rings. The van der Waals surface area contributed by atoms with E-state index in [4.69, 9.17) is 4.74 Å². The van der Waals surface area contributed by atoms with Gasteiger partial charge in [-0.2, -0.15) is 0 Å². The number of halogens is 2. The van der Waals surface area contributed by atoms with E-state index in [2.05, 4.69) is 18.0 Å². The van der Waals surface area contributed by atoms with Gasteiger partial charge < -0.3 is 9.64 Å². The molecule has 1 aliphatic rings. The number of alkyl halides is 2. The predicted octanol–water partition coefficient (Wildman–Crippen LogP) is 5.13. The molecule has 140 valence electrons. The van der Waals surface area contributed by atoms with Crippen LogP contribution in [0.4, 0.5) is 8.78 Å². The molecule has 1 heterocycles. The Labute approximate surface area is 154 Å². The van der Waals surface area contributed by atoms with Crippen molar-refractivity contribution >= 4 is 0 Å². The highest BCUT2D eigenvalue weighted by atomic mass is 19.3. The molecule has 26 heavy (non-hydrogen) atoms. The van der Waals surface area contributed by atoms with Crippen LogP contribution in [0.2, 0.25) is 0 Å². The molecule has 0 aliphatic carbocycles. The lowest BCUT2D eigenvalue weighted by Gasteiger charge is -2.29. The molecule has 0 aromatic heterocycles. The molecule has 2 nitrogen and oxygen atoms in total. The van der Waals surface area contributed by atoms with Gasteiger partial charge in [0, 0.05) is 18.0 Å². The predicted molar refractivity (Wildman–Crippen MR) is 101 cm³/mol. The number of aryl methyl sites for hydroxylation is 2. The summed E-state index contributed by atoms with van der Waals surface area (Å²) in [6, 6.07) is 14.8. The Morgan fingerprint density at radius 1 is 1.12 bits per heavy atom. The Bertz CT molecular complexity index is 704. The van der Waals surface area contributed by atoms with Crippen molar-refractivity contribution in [2.24, 2.45) is 5.92 Å². The SMILES string of the molecule is CN1CCCC(COc2ccccc2CCc2cccc(C(F)F)c2)C1. The van der Waals surface area contributed by atoms with Gasteiger partial charge in [0.05, 0.1) is 6.61 Å². The van der Waals surface area contributed by atoms with Crippen LogP contribution in [0.1, 0.15) is 36.0 Å². The highest BCUT2D eigenvalue weighted by Crippen LogP contribution is 2.24. The average molecular weight is 359 g/mol. The van der Waals surface area contributed by atoms with Crippen LogP contribution in [0, 0.1) is 5.92 Å². The van der Waals surface area contributed by atoms with Crippen LogP contribution >= 0.6 is 0 Å². The van der Waals surface area contributed by atoms with Gasteiger partial charge in [-0.1, -0.05) is 42.5 Å². The van der Waals surface area contributed by atoms with E-state index in [9.17, 15) is 8.78 Å². The molecule has 3 rings (SSSR count). The summed E-state index contributed by atoms with van der Waals surface area (Å²) in [4.78, 5) is 2.36. The summed E-state index contributed by atoms with van der Waals surface area (Å²) < 4.78 is 31.8. The Morgan fingerprint density at radius 2 is 1.96 bits per heavy atom. The van der Waals surface area contributed by atoms with Crippen LogP contribution in [0.25, 0.3) is 0 Å². The molecule has 1 unspecified atom stereocenters. The lowest BCUT2D eigenvalue weighted by molar-refractivity contribution is 0.150. The first-order chi connectivity index (χ1) is 12.6. The van der Waals surface area contributed by atoms with Gasteiger partial charge in [-0.05, 0) is 56.5 Å². The summed E-state index contributed by atoms with van der Waals surface area (Å²) in [6.45, 7) is 3.00. The minimum absolute atomic E-state index is 0.0912. The fourth-order valence-electron chi connectivity index (χ4n) is 3.63. The maximum Gasteiger partial charge on any atom is 0.263 e. The van der Waals surface area contributed by atoms with Crippen molar-refractivity contribution < 1.29 is 13.5 Å². The topological polar surface area (TPSA) is 12.5 Å². The lowest BCUT2D eigenvalue weighted by atomic mass is 9.99. The molecular formula is C22H27F2NO. The number of hydrogen-bond donors (Lipinski definition) is 0. The van der Waals surface area contributed by atoms with E-state index in [0.717, 1.165) is 42.9 Å². The quantitative estimate of drug-likeness (QED) is 0.679. The number of nitrogens with zero attached hydrogens (tertiary/aromatic N) is 1. The molecule has 0 amide bonds. The minimum Gasteiger partial charge on any atom is -0.493 e. The fourth-order valence-corrected chi connectivity index (χ4v) is 3.63. The number of rotatable bonds is 7. The zero-order chi connectivity index (χ0) is 18.4. The standard InChI is InChI=1S/C22H27F2NO/c1-25-13-5-7-18(15-25)16-26-21-10-3-2-8-19(21)12-11-17-6-4-9-20(14-17)22(23)24/h2-4,6,8-10,14,18,22H,5,7,11-13,15-16H2,1H3. The van der Waals surface area contributed by atoms with Gasteiger partial charge in [-0.25, -0.2) is 8.78 Å². The average Bonchev–Trinajstić information content (AvgIpc) is 2.65. The van der Waals surface area contributed by atoms with Gasteiger partial charge in [-0.15, -0.1) is 0 Å². The zero-order valence-electron chi connectivity index (χ0n) is 15.3. The van der Waals surface area contributed by atoms with Gasteiger partial charge in [0.25, 0.3) is 6.43 Å². The summed E-state index contributed by atoms with van der Waals surface area (Å²) in [5.74, 6) is 1.50. The highest BCUT2D eigenvalue weighted by molar-refractivity contribution is 5.34. The van der Waals surface area contributed by atoms with E-state index in [1.54, 1.807) is 12.1 Å². The molecular weight excluding hydrogens is 332 g/mol. The second-order valence-electron chi connectivity index (χ2n) is 7.23. The molecule has 4 heteroatoms. The third-order valence-electron chi connectivity index (χ3n) is 5.06. The smallest absolute Gasteiger partial charge is 0.263 e. The number of hydrogen-bond acceptors (Lipinski definition) is 2. The fraction of sp³-hybridized carbons (Fsp3) is 0.455. The second kappa shape index (κ2) is 9.13.